The molecule has 0 bridgehead atoms. The van der Waals surface area contributed by atoms with Gasteiger partial charge in [0, 0.05) is 22.5 Å². The van der Waals surface area contributed by atoms with Crippen LogP contribution < -0.4 is 11.5 Å². The summed E-state index contributed by atoms with van der Waals surface area (Å²) >= 11 is 0. The highest BCUT2D eigenvalue weighted by atomic mass is 16.1. The van der Waals surface area contributed by atoms with Crippen molar-refractivity contribution in [1.82, 2.24) is 0 Å². The molecule has 0 saturated carbocycles. The van der Waals surface area contributed by atoms with Crippen LogP contribution >= 0.6 is 0 Å². The molecule has 146 valence electrons. The van der Waals surface area contributed by atoms with E-state index in [9.17, 15) is 4.79 Å². The number of anilines is 2. The van der Waals surface area contributed by atoms with Gasteiger partial charge in [-0.2, -0.15) is 0 Å². The highest BCUT2D eigenvalue weighted by molar-refractivity contribution is 6.12. The fraction of sp³-hybridized carbons (Fsp3) is 0. The lowest BCUT2D eigenvalue weighted by Crippen LogP contribution is -2.05. The molecule has 0 spiro atoms. The topological polar surface area (TPSA) is 69.1 Å². The van der Waals surface area contributed by atoms with Crippen LogP contribution in [0.15, 0.2) is 103 Å². The van der Waals surface area contributed by atoms with Gasteiger partial charge in [0.1, 0.15) is 0 Å². The van der Waals surface area contributed by atoms with Gasteiger partial charge in [0.05, 0.1) is 0 Å². The van der Waals surface area contributed by atoms with Gasteiger partial charge < -0.3 is 11.5 Å². The van der Waals surface area contributed by atoms with E-state index in [0.717, 1.165) is 22.3 Å². The molecule has 0 atom stereocenters. The largest absolute Gasteiger partial charge is 0.399 e. The third-order valence-electron chi connectivity index (χ3n) is 4.96. The first-order valence-corrected chi connectivity index (χ1v) is 9.74. The van der Waals surface area contributed by atoms with Crippen LogP contribution in [0.5, 0.6) is 0 Å². The van der Waals surface area contributed by atoms with Crippen molar-refractivity contribution in [1.29, 1.82) is 0 Å². The number of hydrogen-bond donors (Lipinski definition) is 2. The van der Waals surface area contributed by atoms with Gasteiger partial charge in [-0.1, -0.05) is 60.7 Å². The molecular formula is C27H22N2O. The van der Waals surface area contributed by atoms with Crippen molar-refractivity contribution in [2.24, 2.45) is 0 Å². The molecule has 0 heterocycles. The molecule has 4 rings (SSSR count). The highest BCUT2D eigenvalue weighted by Crippen LogP contribution is 2.29. The van der Waals surface area contributed by atoms with Crippen molar-refractivity contribution in [2.45, 2.75) is 0 Å². The van der Waals surface area contributed by atoms with Gasteiger partial charge in [0.15, 0.2) is 5.78 Å². The van der Waals surface area contributed by atoms with Crippen molar-refractivity contribution in [3.8, 4) is 0 Å². The van der Waals surface area contributed by atoms with Crippen molar-refractivity contribution in [3.05, 3.63) is 131 Å². The SMILES string of the molecule is Nc1ccc(C(=O)c2ccc(N)cc2C=C(c2ccccc2)c2ccccc2)cc1. The van der Waals surface area contributed by atoms with Gasteiger partial charge in [-0.05, 0) is 70.8 Å². The zero-order chi connectivity index (χ0) is 20.9. The summed E-state index contributed by atoms with van der Waals surface area (Å²) in [5, 5.41) is 0. The average molecular weight is 390 g/mol. The van der Waals surface area contributed by atoms with E-state index in [1.54, 1.807) is 36.4 Å². The second kappa shape index (κ2) is 8.50. The van der Waals surface area contributed by atoms with E-state index in [4.69, 9.17) is 11.5 Å². The number of carbonyl (C=O) groups is 1. The average Bonchev–Trinajstić information content (AvgIpc) is 2.79. The summed E-state index contributed by atoms with van der Waals surface area (Å²) in [6.07, 6.45) is 2.03. The van der Waals surface area contributed by atoms with E-state index >= 15 is 0 Å². The normalized spacial score (nSPS) is 10.4. The molecular weight excluding hydrogens is 368 g/mol. The Labute approximate surface area is 176 Å². The molecule has 3 nitrogen and oxygen atoms in total. The summed E-state index contributed by atoms with van der Waals surface area (Å²) in [6.45, 7) is 0. The third-order valence-corrected chi connectivity index (χ3v) is 4.96. The highest BCUT2D eigenvalue weighted by Gasteiger charge is 2.14. The number of hydrogen-bond acceptors (Lipinski definition) is 3. The van der Waals surface area contributed by atoms with Gasteiger partial charge in [-0.25, -0.2) is 0 Å². The van der Waals surface area contributed by atoms with Gasteiger partial charge in [-0.15, -0.1) is 0 Å². The van der Waals surface area contributed by atoms with E-state index < -0.39 is 0 Å². The van der Waals surface area contributed by atoms with Crippen LogP contribution in [-0.2, 0) is 0 Å². The Morgan fingerprint density at radius 2 is 1.13 bits per heavy atom. The summed E-state index contributed by atoms with van der Waals surface area (Å²) in [6, 6.07) is 32.6. The van der Waals surface area contributed by atoms with Crippen molar-refractivity contribution < 1.29 is 4.79 Å². The number of ketones is 1. The van der Waals surface area contributed by atoms with Crippen molar-refractivity contribution in [2.75, 3.05) is 11.5 Å². The Morgan fingerprint density at radius 1 is 0.600 bits per heavy atom. The fourth-order valence-corrected chi connectivity index (χ4v) is 3.42. The first kappa shape index (κ1) is 19.2. The minimum absolute atomic E-state index is 0.0678. The molecule has 0 radical (unpaired) electrons. The van der Waals surface area contributed by atoms with Crippen LogP contribution in [0.2, 0.25) is 0 Å². The van der Waals surface area contributed by atoms with E-state index in [-0.39, 0.29) is 5.78 Å². The first-order valence-electron chi connectivity index (χ1n) is 9.74. The minimum Gasteiger partial charge on any atom is -0.399 e. The Morgan fingerprint density at radius 3 is 1.70 bits per heavy atom. The number of nitrogen functional groups attached to an aromatic ring is 2. The molecule has 0 aliphatic heterocycles. The quantitative estimate of drug-likeness (QED) is 0.262. The number of nitrogens with two attached hydrogens (primary N) is 2. The smallest absolute Gasteiger partial charge is 0.193 e. The maximum absolute atomic E-state index is 13.2. The Kier molecular flexibility index (Phi) is 5.44. The van der Waals surface area contributed by atoms with Crippen LogP contribution in [0.4, 0.5) is 11.4 Å². The standard InChI is InChI=1S/C27H22N2O/c28-23-13-11-21(12-14-23)27(30)25-16-15-24(29)17-22(25)18-26(19-7-3-1-4-8-19)20-9-5-2-6-10-20/h1-18H,28-29H2. The molecule has 0 saturated heterocycles. The Bertz CT molecular complexity index is 1150. The van der Waals surface area contributed by atoms with Gasteiger partial charge in [0.25, 0.3) is 0 Å². The molecule has 0 amide bonds. The molecule has 4 aromatic rings. The van der Waals surface area contributed by atoms with Crippen LogP contribution in [0.25, 0.3) is 11.6 Å². The Hall–Kier alpha value is -4.11. The second-order valence-corrected chi connectivity index (χ2v) is 7.09. The summed E-state index contributed by atoms with van der Waals surface area (Å²) in [4.78, 5) is 13.2. The molecule has 0 aliphatic carbocycles. The van der Waals surface area contributed by atoms with E-state index in [2.05, 4.69) is 24.3 Å². The molecule has 0 aliphatic rings. The van der Waals surface area contributed by atoms with Gasteiger partial charge >= 0.3 is 0 Å². The molecule has 30 heavy (non-hydrogen) atoms. The van der Waals surface area contributed by atoms with Gasteiger partial charge in [-0.3, -0.25) is 4.79 Å². The van der Waals surface area contributed by atoms with Crippen molar-refractivity contribution >= 4 is 28.8 Å². The second-order valence-electron chi connectivity index (χ2n) is 7.09. The number of carbonyl (C=O) groups excluding carboxylic acids is 1. The molecule has 0 fully saturated rings. The van der Waals surface area contributed by atoms with Crippen LogP contribution in [0.1, 0.15) is 32.6 Å². The molecule has 4 aromatic carbocycles. The summed E-state index contributed by atoms with van der Waals surface area (Å²) in [5.41, 5.74) is 18.2. The van der Waals surface area contributed by atoms with Gasteiger partial charge in [0.2, 0.25) is 0 Å². The van der Waals surface area contributed by atoms with Crippen LogP contribution in [0.3, 0.4) is 0 Å². The summed E-state index contributed by atoms with van der Waals surface area (Å²) < 4.78 is 0. The van der Waals surface area contributed by atoms with Crippen molar-refractivity contribution in [3.63, 3.8) is 0 Å². The summed E-state index contributed by atoms with van der Waals surface area (Å²) in [7, 11) is 0. The Balaban J connectivity index is 1.87. The minimum atomic E-state index is -0.0678. The summed E-state index contributed by atoms with van der Waals surface area (Å²) in [5.74, 6) is -0.0678. The van der Waals surface area contributed by atoms with Crippen LogP contribution in [-0.4, -0.2) is 5.78 Å². The third kappa shape index (κ3) is 4.15. The maximum atomic E-state index is 13.2. The van der Waals surface area contributed by atoms with E-state index in [1.807, 2.05) is 48.5 Å². The zero-order valence-corrected chi connectivity index (χ0v) is 16.5. The lowest BCUT2D eigenvalue weighted by atomic mass is 9.92. The zero-order valence-electron chi connectivity index (χ0n) is 16.5. The molecule has 0 unspecified atom stereocenters. The molecule has 3 heteroatoms. The molecule has 4 N–H and O–H groups in total. The van der Waals surface area contributed by atoms with E-state index in [1.165, 1.54) is 0 Å². The maximum Gasteiger partial charge on any atom is 0.193 e. The number of rotatable bonds is 5. The fourth-order valence-electron chi connectivity index (χ4n) is 3.42. The predicted octanol–water partition coefficient (Wildman–Crippen LogP) is 5.67. The predicted molar refractivity (Wildman–Crippen MR) is 125 cm³/mol. The van der Waals surface area contributed by atoms with Crippen LogP contribution in [0, 0.1) is 0 Å². The number of benzene rings is 4. The lowest BCUT2D eigenvalue weighted by Gasteiger charge is -2.12. The monoisotopic (exact) mass is 390 g/mol. The first-order chi connectivity index (χ1) is 14.6. The van der Waals surface area contributed by atoms with E-state index in [0.29, 0.717) is 22.5 Å². The molecule has 0 aromatic heterocycles. The lowest BCUT2D eigenvalue weighted by molar-refractivity contribution is 0.103.